The van der Waals surface area contributed by atoms with Gasteiger partial charge in [-0.2, -0.15) is 0 Å². The Balaban J connectivity index is 2.09. The van der Waals surface area contributed by atoms with Crippen LogP contribution >= 0.6 is 0 Å². The number of H-pyrrole nitrogens is 1. The molecule has 1 fully saturated rings. The molecule has 2 N–H and O–H groups in total. The second-order valence-corrected chi connectivity index (χ2v) is 6.45. The highest BCUT2D eigenvalue weighted by Gasteiger charge is 2.51. The average Bonchev–Trinajstić information content (AvgIpc) is 3.01. The van der Waals surface area contributed by atoms with E-state index in [1.807, 2.05) is 18.2 Å². The van der Waals surface area contributed by atoms with Crippen molar-refractivity contribution in [2.24, 2.45) is 0 Å². The summed E-state index contributed by atoms with van der Waals surface area (Å²) in [7, 11) is 0. The Hall–Kier alpha value is -1.84. The maximum atomic E-state index is 11.4. The normalized spacial score (nSPS) is 17.6. The molecule has 2 aromatic rings. The summed E-state index contributed by atoms with van der Waals surface area (Å²) in [5, 5.41) is 9.34. The zero-order valence-electron chi connectivity index (χ0n) is 11.4. The number of carboxylic acid groups (broad SMARTS) is 1. The van der Waals surface area contributed by atoms with Crippen molar-refractivity contribution in [1.29, 1.82) is 0 Å². The number of fused-ring (bicyclic) bond motifs is 1. The fourth-order valence-electron chi connectivity index (χ4n) is 2.41. The van der Waals surface area contributed by atoms with Crippen LogP contribution in [-0.2, 0) is 15.6 Å². The van der Waals surface area contributed by atoms with Gasteiger partial charge < -0.3 is 10.1 Å². The standard InChI is InChI=1S/C15H18N2O2/c1-14(2,3)12-16-10-5-4-9(8-11(10)17-12)15(6-7-15)13(18)19/h4-5,8H,6-7H2,1-3H3,(H,16,17)(H,18,19). The Morgan fingerprint density at radius 2 is 2.05 bits per heavy atom. The zero-order valence-corrected chi connectivity index (χ0v) is 11.4. The Kier molecular flexibility index (Phi) is 2.31. The Bertz CT molecular complexity index is 660. The van der Waals surface area contributed by atoms with Crippen LogP contribution in [0.25, 0.3) is 11.0 Å². The third-order valence-corrected chi connectivity index (χ3v) is 3.90. The van der Waals surface area contributed by atoms with E-state index < -0.39 is 11.4 Å². The van der Waals surface area contributed by atoms with Crippen molar-refractivity contribution < 1.29 is 9.90 Å². The molecule has 1 heterocycles. The lowest BCUT2D eigenvalue weighted by Gasteiger charge is -2.13. The number of aromatic nitrogens is 2. The summed E-state index contributed by atoms with van der Waals surface area (Å²) in [6.45, 7) is 6.31. The Morgan fingerprint density at radius 1 is 1.37 bits per heavy atom. The molecule has 0 spiro atoms. The number of rotatable bonds is 2. The van der Waals surface area contributed by atoms with Gasteiger partial charge in [-0.15, -0.1) is 0 Å². The summed E-state index contributed by atoms with van der Waals surface area (Å²) >= 11 is 0. The van der Waals surface area contributed by atoms with Crippen molar-refractivity contribution in [1.82, 2.24) is 9.97 Å². The van der Waals surface area contributed by atoms with E-state index in [1.165, 1.54) is 0 Å². The molecule has 1 saturated carbocycles. The average molecular weight is 258 g/mol. The van der Waals surface area contributed by atoms with Gasteiger partial charge >= 0.3 is 5.97 Å². The van der Waals surface area contributed by atoms with Gasteiger partial charge in [0.25, 0.3) is 0 Å². The van der Waals surface area contributed by atoms with E-state index in [9.17, 15) is 9.90 Å². The molecule has 0 aliphatic heterocycles. The highest BCUT2D eigenvalue weighted by Crippen LogP contribution is 2.48. The molecule has 0 atom stereocenters. The number of nitrogens with one attached hydrogen (secondary N) is 1. The summed E-state index contributed by atoms with van der Waals surface area (Å²) in [6.07, 6.45) is 1.46. The van der Waals surface area contributed by atoms with Gasteiger partial charge in [-0.25, -0.2) is 4.98 Å². The SMILES string of the molecule is CC(C)(C)c1nc2ccc(C3(C(=O)O)CC3)cc2[nH]1. The number of benzene rings is 1. The maximum Gasteiger partial charge on any atom is 0.314 e. The quantitative estimate of drug-likeness (QED) is 0.870. The van der Waals surface area contributed by atoms with Gasteiger partial charge in [0.2, 0.25) is 0 Å². The largest absolute Gasteiger partial charge is 0.481 e. The lowest BCUT2D eigenvalue weighted by molar-refractivity contribution is -0.140. The third kappa shape index (κ3) is 1.82. The van der Waals surface area contributed by atoms with Gasteiger partial charge in [-0.1, -0.05) is 26.8 Å². The molecule has 4 nitrogen and oxygen atoms in total. The summed E-state index contributed by atoms with van der Waals surface area (Å²) in [5.41, 5.74) is 2.02. The number of aliphatic carboxylic acids is 1. The fraction of sp³-hybridized carbons (Fsp3) is 0.467. The van der Waals surface area contributed by atoms with E-state index in [2.05, 4.69) is 30.7 Å². The van der Waals surface area contributed by atoms with Crippen molar-refractivity contribution in [2.75, 3.05) is 0 Å². The summed E-state index contributed by atoms with van der Waals surface area (Å²) in [4.78, 5) is 19.2. The summed E-state index contributed by atoms with van der Waals surface area (Å²) in [6, 6.07) is 5.76. The van der Waals surface area contributed by atoms with Crippen LogP contribution in [-0.4, -0.2) is 21.0 Å². The molecule has 1 aliphatic carbocycles. The van der Waals surface area contributed by atoms with E-state index in [0.717, 1.165) is 35.3 Å². The minimum absolute atomic E-state index is 0.0384. The second kappa shape index (κ2) is 3.59. The van der Waals surface area contributed by atoms with E-state index in [4.69, 9.17) is 0 Å². The monoisotopic (exact) mass is 258 g/mol. The molecule has 1 aromatic heterocycles. The number of hydrogen-bond acceptors (Lipinski definition) is 2. The van der Waals surface area contributed by atoms with Gasteiger partial charge in [0.1, 0.15) is 5.82 Å². The topological polar surface area (TPSA) is 66.0 Å². The molecule has 0 unspecified atom stereocenters. The number of imidazole rings is 1. The summed E-state index contributed by atoms with van der Waals surface area (Å²) < 4.78 is 0. The molecule has 19 heavy (non-hydrogen) atoms. The zero-order chi connectivity index (χ0) is 13.8. The summed E-state index contributed by atoms with van der Waals surface area (Å²) in [5.74, 6) is 0.210. The predicted octanol–water partition coefficient (Wildman–Crippen LogP) is 2.98. The molecular weight excluding hydrogens is 240 g/mol. The van der Waals surface area contributed by atoms with E-state index in [-0.39, 0.29) is 5.41 Å². The van der Waals surface area contributed by atoms with Crippen molar-refractivity contribution in [3.05, 3.63) is 29.6 Å². The van der Waals surface area contributed by atoms with Gasteiger partial charge in [-0.3, -0.25) is 4.79 Å². The van der Waals surface area contributed by atoms with Crippen LogP contribution in [0.15, 0.2) is 18.2 Å². The molecule has 100 valence electrons. The minimum atomic E-state index is -0.720. The van der Waals surface area contributed by atoms with E-state index in [1.54, 1.807) is 0 Å². The Labute approximate surface area is 111 Å². The van der Waals surface area contributed by atoms with Gasteiger partial charge in [0, 0.05) is 5.41 Å². The lowest BCUT2D eigenvalue weighted by Crippen LogP contribution is -2.19. The number of nitrogens with zero attached hydrogens (tertiary/aromatic N) is 1. The van der Waals surface area contributed by atoms with Crippen molar-refractivity contribution >= 4 is 17.0 Å². The molecule has 1 aliphatic rings. The molecule has 0 amide bonds. The number of hydrogen-bond donors (Lipinski definition) is 2. The first kappa shape index (κ1) is 12.2. The van der Waals surface area contributed by atoms with Gasteiger partial charge in [-0.05, 0) is 30.5 Å². The van der Waals surface area contributed by atoms with Crippen molar-refractivity contribution in [3.63, 3.8) is 0 Å². The van der Waals surface area contributed by atoms with Crippen molar-refractivity contribution in [2.45, 2.75) is 44.4 Å². The number of carboxylic acids is 1. The number of aromatic amines is 1. The van der Waals surface area contributed by atoms with Gasteiger partial charge in [0.15, 0.2) is 0 Å². The first-order valence-corrected chi connectivity index (χ1v) is 6.57. The molecule has 1 aromatic carbocycles. The van der Waals surface area contributed by atoms with Crippen LogP contribution in [0.5, 0.6) is 0 Å². The van der Waals surface area contributed by atoms with Crippen LogP contribution < -0.4 is 0 Å². The van der Waals surface area contributed by atoms with Crippen molar-refractivity contribution in [3.8, 4) is 0 Å². The lowest BCUT2D eigenvalue weighted by atomic mass is 9.96. The van der Waals surface area contributed by atoms with Crippen LogP contribution in [0.3, 0.4) is 0 Å². The van der Waals surface area contributed by atoms with Crippen LogP contribution in [0.4, 0.5) is 0 Å². The van der Waals surface area contributed by atoms with Crippen LogP contribution in [0, 0.1) is 0 Å². The first-order valence-electron chi connectivity index (χ1n) is 6.57. The predicted molar refractivity (Wildman–Crippen MR) is 73.3 cm³/mol. The molecule has 0 saturated heterocycles. The second-order valence-electron chi connectivity index (χ2n) is 6.45. The Morgan fingerprint density at radius 3 is 2.58 bits per heavy atom. The minimum Gasteiger partial charge on any atom is -0.481 e. The first-order chi connectivity index (χ1) is 8.83. The highest BCUT2D eigenvalue weighted by atomic mass is 16.4. The van der Waals surface area contributed by atoms with Crippen LogP contribution in [0.1, 0.15) is 45.0 Å². The van der Waals surface area contributed by atoms with E-state index >= 15 is 0 Å². The number of carbonyl (C=O) groups is 1. The van der Waals surface area contributed by atoms with Crippen LogP contribution in [0.2, 0.25) is 0 Å². The molecule has 4 heteroatoms. The third-order valence-electron chi connectivity index (χ3n) is 3.90. The molecular formula is C15H18N2O2. The van der Waals surface area contributed by atoms with E-state index in [0.29, 0.717) is 0 Å². The molecule has 0 bridgehead atoms. The maximum absolute atomic E-state index is 11.4. The molecule has 3 rings (SSSR count). The highest BCUT2D eigenvalue weighted by molar-refractivity contribution is 5.87. The fourth-order valence-corrected chi connectivity index (χ4v) is 2.41. The van der Waals surface area contributed by atoms with Gasteiger partial charge in [0.05, 0.1) is 16.4 Å². The smallest absolute Gasteiger partial charge is 0.314 e. The molecule has 0 radical (unpaired) electrons.